The van der Waals surface area contributed by atoms with Crippen LogP contribution in [0.25, 0.3) is 0 Å². The molecule has 1 fully saturated rings. The van der Waals surface area contributed by atoms with Gasteiger partial charge >= 0.3 is 0 Å². The summed E-state index contributed by atoms with van der Waals surface area (Å²) in [4.78, 5) is 4.20. The molecule has 0 amide bonds. The predicted octanol–water partition coefficient (Wildman–Crippen LogP) is 0.193. The van der Waals surface area contributed by atoms with Crippen LogP contribution in [0.1, 0.15) is 0 Å². The highest BCUT2D eigenvalue weighted by molar-refractivity contribution is 8.77. The molecule has 0 aromatic carbocycles. The third-order valence-corrected chi connectivity index (χ3v) is 6.06. The van der Waals surface area contributed by atoms with Crippen LogP contribution in [0, 0.1) is 0 Å². The standard InChI is InChI=1S/C15H21NO6S2/c1-2-9(23-24-11-5-3-4-6-16-11)8-21-15-14(20)13(19)12(18)10(7-17)22-15/h2-6,9-10,12-15,17-20H,1,7-8H2/t9?,10-,12+,13+,14-,15-/m1/s1. The second-order valence-corrected chi connectivity index (χ2v) is 7.61. The Morgan fingerprint density at radius 2 is 2.08 bits per heavy atom. The molecule has 1 aliphatic rings. The Morgan fingerprint density at radius 3 is 2.71 bits per heavy atom. The molecule has 9 heteroatoms. The fraction of sp³-hybridized carbons (Fsp3) is 0.533. The van der Waals surface area contributed by atoms with Crippen molar-refractivity contribution < 1.29 is 29.9 Å². The highest BCUT2D eigenvalue weighted by Crippen LogP contribution is 2.34. The molecule has 2 heterocycles. The normalized spacial score (nSPS) is 31.6. The first-order valence-electron chi connectivity index (χ1n) is 7.35. The average Bonchev–Trinajstić information content (AvgIpc) is 2.62. The number of hydrogen-bond donors (Lipinski definition) is 4. The van der Waals surface area contributed by atoms with Crippen LogP contribution in [-0.2, 0) is 9.47 Å². The van der Waals surface area contributed by atoms with Gasteiger partial charge in [-0.05, 0) is 22.9 Å². The van der Waals surface area contributed by atoms with Crippen molar-refractivity contribution in [2.45, 2.75) is 41.0 Å². The van der Waals surface area contributed by atoms with Gasteiger partial charge < -0.3 is 29.9 Å². The fourth-order valence-corrected chi connectivity index (χ4v) is 4.07. The summed E-state index contributed by atoms with van der Waals surface area (Å²) in [5, 5.41) is 39.3. The lowest BCUT2D eigenvalue weighted by Gasteiger charge is -2.39. The molecule has 24 heavy (non-hydrogen) atoms. The Bertz CT molecular complexity index is 506. The molecule has 1 aliphatic heterocycles. The van der Waals surface area contributed by atoms with Gasteiger partial charge in [-0.3, -0.25) is 0 Å². The predicted molar refractivity (Wildman–Crippen MR) is 91.4 cm³/mol. The minimum atomic E-state index is -1.45. The first-order chi connectivity index (χ1) is 11.6. The summed E-state index contributed by atoms with van der Waals surface area (Å²) in [6.07, 6.45) is -2.95. The number of aliphatic hydroxyl groups excluding tert-OH is 4. The fourth-order valence-electron chi connectivity index (χ4n) is 2.04. The smallest absolute Gasteiger partial charge is 0.186 e. The lowest BCUT2D eigenvalue weighted by molar-refractivity contribution is -0.300. The molecule has 0 saturated carbocycles. The third kappa shape index (κ3) is 5.17. The zero-order chi connectivity index (χ0) is 17.5. The molecule has 134 valence electrons. The van der Waals surface area contributed by atoms with Crippen LogP contribution >= 0.6 is 21.6 Å². The van der Waals surface area contributed by atoms with Gasteiger partial charge in [0.25, 0.3) is 0 Å². The van der Waals surface area contributed by atoms with E-state index in [1.807, 2.05) is 18.2 Å². The van der Waals surface area contributed by atoms with Gasteiger partial charge in [0.15, 0.2) is 6.29 Å². The molecule has 1 aromatic heterocycles. The SMILES string of the molecule is C=CC(CO[C@@H]1O[C@H](CO)[C@H](O)[C@H](O)[C@H]1O)SSc1ccccn1. The monoisotopic (exact) mass is 375 g/mol. The van der Waals surface area contributed by atoms with E-state index in [1.165, 1.54) is 21.6 Å². The zero-order valence-corrected chi connectivity index (χ0v) is 14.5. The summed E-state index contributed by atoms with van der Waals surface area (Å²) in [5.41, 5.74) is 0. The number of pyridine rings is 1. The van der Waals surface area contributed by atoms with Gasteiger partial charge in [0.2, 0.25) is 0 Å². The number of ether oxygens (including phenoxy) is 2. The van der Waals surface area contributed by atoms with E-state index in [1.54, 1.807) is 12.3 Å². The number of hydrogen-bond acceptors (Lipinski definition) is 9. The Balaban J connectivity index is 1.84. The largest absolute Gasteiger partial charge is 0.394 e. The Morgan fingerprint density at radius 1 is 1.29 bits per heavy atom. The van der Waals surface area contributed by atoms with E-state index in [9.17, 15) is 15.3 Å². The summed E-state index contributed by atoms with van der Waals surface area (Å²) < 4.78 is 10.8. The summed E-state index contributed by atoms with van der Waals surface area (Å²) >= 11 is 0. The van der Waals surface area contributed by atoms with Crippen molar-refractivity contribution in [2.75, 3.05) is 13.2 Å². The lowest BCUT2D eigenvalue weighted by atomic mass is 9.99. The maximum atomic E-state index is 9.93. The van der Waals surface area contributed by atoms with Crippen LogP contribution in [0.2, 0.25) is 0 Å². The lowest BCUT2D eigenvalue weighted by Crippen LogP contribution is -2.59. The van der Waals surface area contributed by atoms with Crippen LogP contribution in [-0.4, -0.2) is 74.6 Å². The van der Waals surface area contributed by atoms with Crippen LogP contribution in [0.4, 0.5) is 0 Å². The molecule has 0 bridgehead atoms. The summed E-state index contributed by atoms with van der Waals surface area (Å²) in [7, 11) is 2.95. The van der Waals surface area contributed by atoms with Crippen LogP contribution in [0.3, 0.4) is 0 Å². The Labute approximate surface area is 148 Å². The van der Waals surface area contributed by atoms with Crippen LogP contribution in [0.15, 0.2) is 42.1 Å². The van der Waals surface area contributed by atoms with Gasteiger partial charge in [0, 0.05) is 6.20 Å². The first-order valence-corrected chi connectivity index (χ1v) is 9.57. The summed E-state index contributed by atoms with van der Waals surface area (Å²) in [5.74, 6) is 0. The molecule has 1 unspecified atom stereocenters. The van der Waals surface area contributed by atoms with Crippen molar-refractivity contribution in [3.63, 3.8) is 0 Å². The number of aromatic nitrogens is 1. The topological polar surface area (TPSA) is 112 Å². The average molecular weight is 375 g/mol. The van der Waals surface area contributed by atoms with E-state index in [0.29, 0.717) is 0 Å². The van der Waals surface area contributed by atoms with Gasteiger partial charge in [-0.1, -0.05) is 22.9 Å². The molecule has 0 aliphatic carbocycles. The van der Waals surface area contributed by atoms with Crippen LogP contribution < -0.4 is 0 Å². The van der Waals surface area contributed by atoms with E-state index in [0.717, 1.165) is 5.03 Å². The van der Waals surface area contributed by atoms with Crippen molar-refractivity contribution in [3.8, 4) is 0 Å². The van der Waals surface area contributed by atoms with Crippen molar-refractivity contribution >= 4 is 21.6 Å². The van der Waals surface area contributed by atoms with Crippen molar-refractivity contribution in [1.29, 1.82) is 0 Å². The highest BCUT2D eigenvalue weighted by atomic mass is 33.1. The third-order valence-electron chi connectivity index (χ3n) is 3.43. The molecule has 0 radical (unpaired) electrons. The minimum absolute atomic E-state index is 0.107. The highest BCUT2D eigenvalue weighted by Gasteiger charge is 2.44. The number of aliphatic hydroxyl groups is 4. The molecular formula is C15H21NO6S2. The van der Waals surface area contributed by atoms with E-state index in [4.69, 9.17) is 14.6 Å². The van der Waals surface area contributed by atoms with E-state index >= 15 is 0 Å². The van der Waals surface area contributed by atoms with Crippen molar-refractivity contribution in [1.82, 2.24) is 4.98 Å². The second-order valence-electron chi connectivity index (χ2n) is 5.15. The van der Waals surface area contributed by atoms with Crippen LogP contribution in [0.5, 0.6) is 0 Å². The summed E-state index contributed by atoms with van der Waals surface area (Å²) in [6, 6.07) is 5.61. The molecule has 7 nitrogen and oxygen atoms in total. The summed E-state index contributed by atoms with van der Waals surface area (Å²) in [6.45, 7) is 3.44. The molecule has 6 atom stereocenters. The molecule has 4 N–H and O–H groups in total. The van der Waals surface area contributed by atoms with Crippen molar-refractivity contribution in [3.05, 3.63) is 37.1 Å². The van der Waals surface area contributed by atoms with Gasteiger partial charge in [-0.25, -0.2) is 4.98 Å². The van der Waals surface area contributed by atoms with E-state index in [-0.39, 0.29) is 11.9 Å². The Kier molecular flexibility index (Phi) is 7.98. The first kappa shape index (κ1) is 19.7. The van der Waals surface area contributed by atoms with E-state index in [2.05, 4.69) is 11.6 Å². The number of rotatable bonds is 8. The molecule has 2 rings (SSSR count). The molecular weight excluding hydrogens is 354 g/mol. The maximum absolute atomic E-state index is 9.93. The van der Waals surface area contributed by atoms with Gasteiger partial charge in [-0.15, -0.1) is 6.58 Å². The maximum Gasteiger partial charge on any atom is 0.186 e. The molecule has 1 saturated heterocycles. The number of nitrogens with zero attached hydrogens (tertiary/aromatic N) is 1. The Hall–Kier alpha value is -0.650. The van der Waals surface area contributed by atoms with Crippen molar-refractivity contribution in [2.24, 2.45) is 0 Å². The zero-order valence-electron chi connectivity index (χ0n) is 12.8. The molecule has 1 aromatic rings. The quantitative estimate of drug-likeness (QED) is 0.374. The van der Waals surface area contributed by atoms with Gasteiger partial charge in [0.05, 0.1) is 18.5 Å². The minimum Gasteiger partial charge on any atom is -0.394 e. The van der Waals surface area contributed by atoms with Gasteiger partial charge in [0.1, 0.15) is 29.4 Å². The molecule has 0 spiro atoms. The van der Waals surface area contributed by atoms with E-state index < -0.39 is 37.3 Å². The van der Waals surface area contributed by atoms with Gasteiger partial charge in [-0.2, -0.15) is 0 Å². The second kappa shape index (κ2) is 9.73.